The van der Waals surface area contributed by atoms with Gasteiger partial charge in [-0.2, -0.15) is 0 Å². The highest BCUT2D eigenvalue weighted by atomic mass is 32.1. The second-order valence-electron chi connectivity index (χ2n) is 7.66. The monoisotopic (exact) mass is 460 g/mol. The first-order valence-electron chi connectivity index (χ1n) is 10.5. The third kappa shape index (κ3) is 4.86. The molecule has 0 aliphatic carbocycles. The average molecular weight is 461 g/mol. The van der Waals surface area contributed by atoms with Crippen LogP contribution in [0, 0.1) is 6.92 Å². The molecule has 0 spiro atoms. The molecule has 0 aliphatic rings. The fourth-order valence-corrected chi connectivity index (χ4v) is 4.66. The summed E-state index contributed by atoms with van der Waals surface area (Å²) >= 11 is 1.51. The van der Waals surface area contributed by atoms with Gasteiger partial charge in [0.05, 0.1) is 11.5 Å². The first kappa shape index (κ1) is 22.4. The molecule has 1 heterocycles. The minimum absolute atomic E-state index is 0.191. The standard InChI is InChI=1S/C27H24O5S/c1-4-31-27(30)17(3)13-19-7-11-22(14-16(19)2)32-25-23-12-10-21(29)15-24(23)33-26(25)18-5-8-20(28)9-6-18/h5-15,28-29H,4H2,1-3H3/b17-13+. The smallest absolute Gasteiger partial charge is 0.333 e. The second kappa shape index (κ2) is 9.38. The third-order valence-corrected chi connectivity index (χ3v) is 6.37. The third-order valence-electron chi connectivity index (χ3n) is 5.19. The van der Waals surface area contributed by atoms with E-state index in [0.717, 1.165) is 31.7 Å². The number of aromatic hydroxyl groups is 2. The van der Waals surface area contributed by atoms with Gasteiger partial charge in [0.15, 0.2) is 5.75 Å². The summed E-state index contributed by atoms with van der Waals surface area (Å²) in [6.07, 6.45) is 1.81. The Labute approximate surface area is 196 Å². The Hall–Kier alpha value is -3.77. The molecular formula is C27H24O5S. The van der Waals surface area contributed by atoms with E-state index in [-0.39, 0.29) is 17.5 Å². The molecule has 0 radical (unpaired) electrons. The number of rotatable bonds is 6. The topological polar surface area (TPSA) is 76.0 Å². The number of carbonyl (C=O) groups excluding carboxylic acids is 1. The fourth-order valence-electron chi connectivity index (χ4n) is 3.49. The number of phenolic OH excluding ortho intramolecular Hbond substituents is 2. The molecular weight excluding hydrogens is 436 g/mol. The minimum atomic E-state index is -0.330. The maximum atomic E-state index is 11.9. The predicted molar refractivity (Wildman–Crippen MR) is 132 cm³/mol. The van der Waals surface area contributed by atoms with E-state index in [2.05, 4.69) is 0 Å². The number of esters is 1. The van der Waals surface area contributed by atoms with Crippen molar-refractivity contribution in [1.29, 1.82) is 0 Å². The maximum absolute atomic E-state index is 11.9. The number of fused-ring (bicyclic) bond motifs is 1. The van der Waals surface area contributed by atoms with E-state index in [1.807, 2.05) is 49.4 Å². The lowest BCUT2D eigenvalue weighted by Gasteiger charge is -2.11. The number of hydrogen-bond donors (Lipinski definition) is 2. The van der Waals surface area contributed by atoms with Crippen molar-refractivity contribution in [2.45, 2.75) is 20.8 Å². The van der Waals surface area contributed by atoms with Crippen LogP contribution in [0.5, 0.6) is 23.0 Å². The van der Waals surface area contributed by atoms with Crippen molar-refractivity contribution in [1.82, 2.24) is 0 Å². The van der Waals surface area contributed by atoms with Crippen molar-refractivity contribution in [3.8, 4) is 33.4 Å². The minimum Gasteiger partial charge on any atom is -0.508 e. The lowest BCUT2D eigenvalue weighted by molar-refractivity contribution is -0.138. The summed E-state index contributed by atoms with van der Waals surface area (Å²) in [5.74, 6) is 1.40. The van der Waals surface area contributed by atoms with Crippen LogP contribution in [0.1, 0.15) is 25.0 Å². The zero-order valence-electron chi connectivity index (χ0n) is 18.6. The molecule has 5 nitrogen and oxygen atoms in total. The number of thiophene rings is 1. The van der Waals surface area contributed by atoms with Crippen molar-refractivity contribution in [3.63, 3.8) is 0 Å². The van der Waals surface area contributed by atoms with Gasteiger partial charge in [-0.1, -0.05) is 6.07 Å². The maximum Gasteiger partial charge on any atom is 0.333 e. The predicted octanol–water partition coefficient (Wildman–Crippen LogP) is 7.05. The van der Waals surface area contributed by atoms with Crippen LogP contribution >= 0.6 is 11.3 Å². The average Bonchev–Trinajstić information content (AvgIpc) is 3.13. The highest BCUT2D eigenvalue weighted by molar-refractivity contribution is 7.22. The van der Waals surface area contributed by atoms with Gasteiger partial charge in [-0.25, -0.2) is 4.79 Å². The molecule has 33 heavy (non-hydrogen) atoms. The van der Waals surface area contributed by atoms with Crippen molar-refractivity contribution < 1.29 is 24.5 Å². The second-order valence-corrected chi connectivity index (χ2v) is 8.71. The van der Waals surface area contributed by atoms with Gasteiger partial charge in [0, 0.05) is 15.7 Å². The molecule has 0 saturated heterocycles. The lowest BCUT2D eigenvalue weighted by atomic mass is 10.1. The van der Waals surface area contributed by atoms with Crippen molar-refractivity contribution >= 4 is 33.5 Å². The van der Waals surface area contributed by atoms with Crippen molar-refractivity contribution in [3.05, 3.63) is 77.4 Å². The van der Waals surface area contributed by atoms with Gasteiger partial charge in [-0.3, -0.25) is 0 Å². The van der Waals surface area contributed by atoms with E-state index in [1.165, 1.54) is 11.3 Å². The summed E-state index contributed by atoms with van der Waals surface area (Å²) in [7, 11) is 0. The quantitative estimate of drug-likeness (QED) is 0.238. The summed E-state index contributed by atoms with van der Waals surface area (Å²) in [6.45, 7) is 5.82. The van der Waals surface area contributed by atoms with E-state index in [9.17, 15) is 15.0 Å². The zero-order chi connectivity index (χ0) is 23.5. The first-order chi connectivity index (χ1) is 15.9. The molecule has 0 aliphatic heterocycles. The van der Waals surface area contributed by atoms with Gasteiger partial charge in [0.2, 0.25) is 0 Å². The summed E-state index contributed by atoms with van der Waals surface area (Å²) in [5.41, 5.74) is 3.31. The number of benzene rings is 3. The van der Waals surface area contributed by atoms with Gasteiger partial charge in [-0.15, -0.1) is 11.3 Å². The lowest BCUT2D eigenvalue weighted by Crippen LogP contribution is -2.04. The summed E-state index contributed by atoms with van der Waals surface area (Å²) < 4.78 is 12.3. The van der Waals surface area contributed by atoms with Crippen LogP contribution in [-0.4, -0.2) is 22.8 Å². The van der Waals surface area contributed by atoms with Crippen LogP contribution in [0.3, 0.4) is 0 Å². The SMILES string of the molecule is CCOC(=O)/C(C)=C/c1ccc(Oc2c(-c3ccc(O)cc3)sc3cc(O)ccc23)cc1C. The Morgan fingerprint density at radius 2 is 1.73 bits per heavy atom. The zero-order valence-corrected chi connectivity index (χ0v) is 19.4. The van der Waals surface area contributed by atoms with Gasteiger partial charge in [-0.05, 0) is 98.1 Å². The van der Waals surface area contributed by atoms with Gasteiger partial charge in [0.25, 0.3) is 0 Å². The summed E-state index contributed by atoms with van der Waals surface area (Å²) in [4.78, 5) is 12.8. The molecule has 168 valence electrons. The van der Waals surface area contributed by atoms with Crippen LogP contribution in [0.15, 0.2) is 66.2 Å². The molecule has 3 aromatic carbocycles. The largest absolute Gasteiger partial charge is 0.508 e. The Morgan fingerprint density at radius 1 is 1.00 bits per heavy atom. The summed E-state index contributed by atoms with van der Waals surface area (Å²) in [5, 5.41) is 20.5. The molecule has 0 amide bonds. The van der Waals surface area contributed by atoms with Gasteiger partial charge >= 0.3 is 5.97 Å². The molecule has 0 bridgehead atoms. The van der Waals surface area contributed by atoms with Crippen LogP contribution in [0.2, 0.25) is 0 Å². The van der Waals surface area contributed by atoms with Crippen LogP contribution < -0.4 is 4.74 Å². The van der Waals surface area contributed by atoms with Gasteiger partial charge in [0.1, 0.15) is 17.2 Å². The summed E-state index contributed by atoms with van der Waals surface area (Å²) in [6, 6.07) is 17.8. The van der Waals surface area contributed by atoms with Crippen molar-refractivity contribution in [2.24, 2.45) is 0 Å². The van der Waals surface area contributed by atoms with E-state index < -0.39 is 0 Å². The number of carbonyl (C=O) groups is 1. The highest BCUT2D eigenvalue weighted by Crippen LogP contribution is 2.47. The first-order valence-corrected chi connectivity index (χ1v) is 11.4. The molecule has 4 aromatic rings. The van der Waals surface area contributed by atoms with Crippen LogP contribution in [0.25, 0.3) is 26.6 Å². The Bertz CT molecular complexity index is 1350. The Balaban J connectivity index is 1.72. The molecule has 2 N–H and O–H groups in total. The Morgan fingerprint density at radius 3 is 2.42 bits per heavy atom. The number of phenols is 2. The fraction of sp³-hybridized carbons (Fsp3) is 0.148. The Kier molecular flexibility index (Phi) is 6.38. The van der Waals surface area contributed by atoms with E-state index >= 15 is 0 Å². The normalized spacial score (nSPS) is 11.5. The molecule has 4 rings (SSSR count). The molecule has 0 atom stereocenters. The molecule has 1 aromatic heterocycles. The number of hydrogen-bond acceptors (Lipinski definition) is 6. The van der Waals surface area contributed by atoms with E-state index in [0.29, 0.717) is 23.7 Å². The number of ether oxygens (including phenoxy) is 2. The van der Waals surface area contributed by atoms with E-state index in [4.69, 9.17) is 9.47 Å². The van der Waals surface area contributed by atoms with Crippen molar-refractivity contribution in [2.75, 3.05) is 6.61 Å². The number of aryl methyl sites for hydroxylation is 1. The molecule has 6 heteroatoms. The molecule has 0 unspecified atom stereocenters. The molecule has 0 fully saturated rings. The molecule has 0 saturated carbocycles. The highest BCUT2D eigenvalue weighted by Gasteiger charge is 2.17. The van der Waals surface area contributed by atoms with Crippen LogP contribution in [0.4, 0.5) is 0 Å². The van der Waals surface area contributed by atoms with Gasteiger partial charge < -0.3 is 19.7 Å². The van der Waals surface area contributed by atoms with Crippen LogP contribution in [-0.2, 0) is 9.53 Å². The van der Waals surface area contributed by atoms with E-state index in [1.54, 1.807) is 38.1 Å².